The Hall–Kier alpha value is -2.59. The SMILES string of the molecule is CCCCCCCCCCCCOc1ccc(-c2ccc(-c3ccc(C(=O)OC(C)CCCCCC)s3)cc2)cc1. The van der Waals surface area contributed by atoms with Crippen molar-refractivity contribution in [3.05, 3.63) is 65.5 Å². The minimum atomic E-state index is -0.212. The zero-order valence-corrected chi connectivity index (χ0v) is 26.6. The van der Waals surface area contributed by atoms with Gasteiger partial charge in [0.25, 0.3) is 0 Å². The maximum atomic E-state index is 12.6. The first kappa shape index (κ1) is 32.9. The minimum Gasteiger partial charge on any atom is -0.494 e. The molecule has 0 bridgehead atoms. The zero-order chi connectivity index (χ0) is 29.1. The van der Waals surface area contributed by atoms with Gasteiger partial charge in [-0.15, -0.1) is 11.3 Å². The van der Waals surface area contributed by atoms with Gasteiger partial charge < -0.3 is 9.47 Å². The lowest BCUT2D eigenvalue weighted by molar-refractivity contribution is 0.0325. The maximum Gasteiger partial charge on any atom is 0.348 e. The van der Waals surface area contributed by atoms with Crippen LogP contribution in [-0.4, -0.2) is 18.7 Å². The molecule has 0 spiro atoms. The van der Waals surface area contributed by atoms with Crippen LogP contribution in [0.25, 0.3) is 21.6 Å². The summed E-state index contributed by atoms with van der Waals surface area (Å²) in [6, 6.07) is 20.8. The highest BCUT2D eigenvalue weighted by atomic mass is 32.1. The Morgan fingerprint density at radius 3 is 1.76 bits per heavy atom. The molecule has 4 heteroatoms. The van der Waals surface area contributed by atoms with Gasteiger partial charge in [0.2, 0.25) is 0 Å². The Morgan fingerprint density at radius 1 is 0.634 bits per heavy atom. The quantitative estimate of drug-likeness (QED) is 0.0934. The number of esters is 1. The lowest BCUT2D eigenvalue weighted by Gasteiger charge is -2.12. The van der Waals surface area contributed by atoms with Gasteiger partial charge in [0.05, 0.1) is 12.7 Å². The highest BCUT2D eigenvalue weighted by Gasteiger charge is 2.15. The van der Waals surface area contributed by atoms with E-state index in [9.17, 15) is 4.79 Å². The first-order valence-corrected chi connectivity index (χ1v) is 17.1. The number of thiophene rings is 1. The van der Waals surface area contributed by atoms with Crippen molar-refractivity contribution < 1.29 is 14.3 Å². The van der Waals surface area contributed by atoms with E-state index in [2.05, 4.69) is 62.4 Å². The maximum absolute atomic E-state index is 12.6. The number of carbonyl (C=O) groups excluding carboxylic acids is 1. The van der Waals surface area contributed by atoms with Crippen molar-refractivity contribution in [2.24, 2.45) is 0 Å². The molecule has 1 unspecified atom stereocenters. The van der Waals surface area contributed by atoms with E-state index in [0.29, 0.717) is 4.88 Å². The van der Waals surface area contributed by atoms with Gasteiger partial charge in [0.15, 0.2) is 0 Å². The summed E-state index contributed by atoms with van der Waals surface area (Å²) in [7, 11) is 0. The number of hydrogen-bond acceptors (Lipinski definition) is 4. The molecule has 0 aliphatic carbocycles. The summed E-state index contributed by atoms with van der Waals surface area (Å²) >= 11 is 1.50. The van der Waals surface area contributed by atoms with Crippen LogP contribution in [0.3, 0.4) is 0 Å². The van der Waals surface area contributed by atoms with E-state index in [-0.39, 0.29) is 12.1 Å². The molecule has 0 amide bonds. The first-order valence-electron chi connectivity index (χ1n) is 16.2. The van der Waals surface area contributed by atoms with Gasteiger partial charge in [0, 0.05) is 4.88 Å². The fraction of sp³-hybridized carbons (Fsp3) is 0.541. The number of rotatable bonds is 21. The fourth-order valence-corrected chi connectivity index (χ4v) is 6.01. The topological polar surface area (TPSA) is 35.5 Å². The third kappa shape index (κ3) is 12.4. The van der Waals surface area contributed by atoms with Gasteiger partial charge in [-0.2, -0.15) is 0 Å². The molecular formula is C37H52O3S. The third-order valence-corrected chi connectivity index (χ3v) is 8.82. The van der Waals surface area contributed by atoms with Gasteiger partial charge >= 0.3 is 5.97 Å². The van der Waals surface area contributed by atoms with Gasteiger partial charge in [-0.1, -0.05) is 127 Å². The average Bonchev–Trinajstić information content (AvgIpc) is 3.49. The van der Waals surface area contributed by atoms with Crippen molar-refractivity contribution in [1.82, 2.24) is 0 Å². The first-order chi connectivity index (χ1) is 20.1. The molecule has 0 aliphatic rings. The molecule has 0 saturated heterocycles. The van der Waals surface area contributed by atoms with E-state index in [1.807, 2.05) is 19.1 Å². The molecular weight excluding hydrogens is 524 g/mol. The minimum absolute atomic E-state index is 0.0410. The summed E-state index contributed by atoms with van der Waals surface area (Å²) in [5.41, 5.74) is 3.45. The Bertz CT molecular complexity index is 1100. The summed E-state index contributed by atoms with van der Waals surface area (Å²) < 4.78 is 11.7. The van der Waals surface area contributed by atoms with Crippen molar-refractivity contribution in [3.8, 4) is 27.3 Å². The number of hydrogen-bond donors (Lipinski definition) is 0. The Morgan fingerprint density at radius 2 is 1.15 bits per heavy atom. The summed E-state index contributed by atoms with van der Waals surface area (Å²) in [4.78, 5) is 14.3. The van der Waals surface area contributed by atoms with E-state index in [0.717, 1.165) is 42.1 Å². The monoisotopic (exact) mass is 576 g/mol. The summed E-state index contributed by atoms with van der Waals surface area (Å²) in [5.74, 6) is 0.728. The van der Waals surface area contributed by atoms with Crippen molar-refractivity contribution in [2.75, 3.05) is 6.61 Å². The van der Waals surface area contributed by atoms with Gasteiger partial charge in [-0.25, -0.2) is 4.79 Å². The second kappa shape index (κ2) is 19.5. The normalized spacial score (nSPS) is 11.9. The largest absolute Gasteiger partial charge is 0.494 e. The molecule has 0 radical (unpaired) electrons. The van der Waals surface area contributed by atoms with Crippen molar-refractivity contribution >= 4 is 17.3 Å². The average molecular weight is 577 g/mol. The third-order valence-electron chi connectivity index (χ3n) is 7.70. The highest BCUT2D eigenvalue weighted by Crippen LogP contribution is 2.31. The van der Waals surface area contributed by atoms with Gasteiger partial charge in [-0.3, -0.25) is 0 Å². The van der Waals surface area contributed by atoms with Gasteiger partial charge in [0.1, 0.15) is 10.6 Å². The van der Waals surface area contributed by atoms with E-state index >= 15 is 0 Å². The molecule has 224 valence electrons. The van der Waals surface area contributed by atoms with Crippen molar-refractivity contribution in [3.63, 3.8) is 0 Å². The molecule has 0 N–H and O–H groups in total. The van der Waals surface area contributed by atoms with Crippen molar-refractivity contribution in [2.45, 2.75) is 123 Å². The molecule has 0 aliphatic heterocycles. The number of benzene rings is 2. The van der Waals surface area contributed by atoms with Crippen LogP contribution in [-0.2, 0) is 4.74 Å². The number of unbranched alkanes of at least 4 members (excludes halogenated alkanes) is 12. The predicted molar refractivity (Wildman–Crippen MR) is 176 cm³/mol. The van der Waals surface area contributed by atoms with Crippen LogP contribution in [0.1, 0.15) is 127 Å². The Balaban J connectivity index is 1.38. The summed E-state index contributed by atoms with van der Waals surface area (Å²) in [6.07, 6.45) is 19.0. The van der Waals surface area contributed by atoms with Crippen LogP contribution >= 0.6 is 11.3 Å². The van der Waals surface area contributed by atoms with Crippen LogP contribution < -0.4 is 4.74 Å². The molecule has 1 heterocycles. The number of ether oxygens (including phenoxy) is 2. The molecule has 3 aromatic rings. The summed E-state index contributed by atoms with van der Waals surface area (Å²) in [6.45, 7) is 7.27. The molecule has 3 rings (SSSR count). The molecule has 1 atom stereocenters. The van der Waals surface area contributed by atoms with Crippen molar-refractivity contribution in [1.29, 1.82) is 0 Å². The molecule has 1 aromatic heterocycles. The predicted octanol–water partition coefficient (Wildman–Crippen LogP) is 11.9. The van der Waals surface area contributed by atoms with Crippen LogP contribution in [0.5, 0.6) is 5.75 Å². The fourth-order valence-electron chi connectivity index (χ4n) is 5.11. The smallest absolute Gasteiger partial charge is 0.348 e. The van der Waals surface area contributed by atoms with Crippen LogP contribution in [0, 0.1) is 0 Å². The number of carbonyl (C=O) groups is 1. The lowest BCUT2D eigenvalue weighted by atomic mass is 10.0. The van der Waals surface area contributed by atoms with Crippen LogP contribution in [0.4, 0.5) is 0 Å². The van der Waals surface area contributed by atoms with Gasteiger partial charge in [-0.05, 0) is 67.1 Å². The highest BCUT2D eigenvalue weighted by molar-refractivity contribution is 7.17. The van der Waals surface area contributed by atoms with E-state index in [1.165, 1.54) is 99.5 Å². The lowest BCUT2D eigenvalue weighted by Crippen LogP contribution is -2.14. The van der Waals surface area contributed by atoms with E-state index < -0.39 is 0 Å². The Labute approximate surface area is 253 Å². The molecule has 3 nitrogen and oxygen atoms in total. The Kier molecular flexibility index (Phi) is 15.7. The van der Waals surface area contributed by atoms with E-state index in [1.54, 1.807) is 0 Å². The molecule has 2 aromatic carbocycles. The second-order valence-corrected chi connectivity index (χ2v) is 12.4. The standard InChI is InChI=1S/C37H52O3S/c1-4-6-8-10-11-12-13-14-15-17-29-39-34-25-23-32(24-26-34)31-19-21-33(22-20-31)35-27-28-36(41-35)37(38)40-30(3)18-16-9-7-5-2/h19-28,30H,4-18,29H2,1-3H3. The van der Waals surface area contributed by atoms with Crippen LogP contribution in [0.2, 0.25) is 0 Å². The molecule has 0 fully saturated rings. The summed E-state index contributed by atoms with van der Waals surface area (Å²) in [5, 5.41) is 0. The molecule has 41 heavy (non-hydrogen) atoms. The van der Waals surface area contributed by atoms with E-state index in [4.69, 9.17) is 9.47 Å². The second-order valence-electron chi connectivity index (χ2n) is 11.4. The molecule has 0 saturated carbocycles. The zero-order valence-electron chi connectivity index (χ0n) is 25.8. The van der Waals surface area contributed by atoms with Crippen LogP contribution in [0.15, 0.2) is 60.7 Å².